The van der Waals surface area contributed by atoms with Gasteiger partial charge in [-0.2, -0.15) is 0 Å². The minimum Gasteiger partial charge on any atom is -0.333 e. The van der Waals surface area contributed by atoms with E-state index >= 15 is 0 Å². The Balaban J connectivity index is 0.976. The molecule has 46 heavy (non-hydrogen) atoms. The van der Waals surface area contributed by atoms with Crippen molar-refractivity contribution in [1.29, 1.82) is 0 Å². The Morgan fingerprint density at radius 2 is 1.02 bits per heavy atom. The number of carbonyl (C=O) groups is 2. The lowest BCUT2D eigenvalue weighted by Crippen LogP contribution is -2.14. The van der Waals surface area contributed by atoms with E-state index in [-0.39, 0.29) is 34.7 Å². The molecule has 0 unspecified atom stereocenters. The average molecular weight is 655 g/mol. The Bertz CT molecular complexity index is 1960. The smallest absolute Gasteiger partial charge is 0.271 e. The fourth-order valence-electron chi connectivity index (χ4n) is 4.47. The fraction of sp³-hybridized carbons (Fsp3) is 0.0667. The lowest BCUT2D eigenvalue weighted by atomic mass is 10.0. The lowest BCUT2D eigenvalue weighted by Gasteiger charge is -2.08. The van der Waals surface area contributed by atoms with Gasteiger partial charge >= 0.3 is 0 Å². The number of H-pyrrole nitrogens is 2. The number of hydrogen-bond acceptors (Lipinski definition) is 10. The topological polar surface area (TPSA) is 202 Å². The van der Waals surface area contributed by atoms with Crippen molar-refractivity contribution in [3.8, 4) is 11.1 Å². The molecular formula is C30H22N8O6S2. The molecular weight excluding hydrogens is 633 g/mol. The summed E-state index contributed by atoms with van der Waals surface area (Å²) in [5.74, 6) is -0.268. The van der Waals surface area contributed by atoms with E-state index in [4.69, 9.17) is 0 Å². The molecule has 2 aromatic heterocycles. The minimum absolute atomic E-state index is 0.0396. The Hall–Kier alpha value is -5.74. The first kappa shape index (κ1) is 30.3. The maximum absolute atomic E-state index is 12.5. The number of thioether (sulfide) groups is 2. The van der Waals surface area contributed by atoms with Crippen LogP contribution in [0.15, 0.2) is 95.2 Å². The van der Waals surface area contributed by atoms with Gasteiger partial charge in [0.1, 0.15) is 0 Å². The summed E-state index contributed by atoms with van der Waals surface area (Å²) in [5, 5.41) is 28.6. The number of nitrogens with zero attached hydrogens (tertiary/aromatic N) is 4. The highest BCUT2D eigenvalue weighted by Crippen LogP contribution is 2.26. The molecule has 14 nitrogen and oxygen atoms in total. The number of amides is 2. The SMILES string of the molecule is O=C(CSc1nc2ccc([N+](=O)[O-])cc2[nH]1)Nc1ccc(-c2ccc(NC(=O)CSc3nc4ccc([N+](=O)[O-])cc4[nH]3)cc2)cc1. The number of rotatable bonds is 11. The molecule has 0 spiro atoms. The van der Waals surface area contributed by atoms with Gasteiger partial charge in [0, 0.05) is 35.6 Å². The maximum Gasteiger partial charge on any atom is 0.271 e. The number of non-ortho nitro benzene ring substituents is 2. The molecule has 0 aliphatic heterocycles. The number of fused-ring (bicyclic) bond motifs is 2. The Morgan fingerprint density at radius 1 is 0.630 bits per heavy atom. The van der Waals surface area contributed by atoms with Gasteiger partial charge in [-0.05, 0) is 47.5 Å². The van der Waals surface area contributed by atoms with Crippen LogP contribution in [0, 0.1) is 20.2 Å². The van der Waals surface area contributed by atoms with Gasteiger partial charge in [0.15, 0.2) is 10.3 Å². The van der Waals surface area contributed by atoms with Gasteiger partial charge in [-0.1, -0.05) is 47.8 Å². The third-order valence-corrected chi connectivity index (χ3v) is 8.41. The number of nitro groups is 2. The highest BCUT2D eigenvalue weighted by atomic mass is 32.2. The second kappa shape index (κ2) is 13.1. The molecule has 0 saturated heterocycles. The molecule has 2 heterocycles. The first-order valence-electron chi connectivity index (χ1n) is 13.5. The van der Waals surface area contributed by atoms with Crippen LogP contribution in [0.3, 0.4) is 0 Å². The number of hydrogen-bond donors (Lipinski definition) is 4. The van der Waals surface area contributed by atoms with E-state index in [0.717, 1.165) is 11.1 Å². The normalized spacial score (nSPS) is 11.0. The van der Waals surface area contributed by atoms with E-state index in [1.54, 1.807) is 36.4 Å². The molecule has 4 aromatic carbocycles. The summed E-state index contributed by atoms with van der Waals surface area (Å²) >= 11 is 2.38. The zero-order valence-electron chi connectivity index (χ0n) is 23.6. The minimum atomic E-state index is -0.476. The van der Waals surface area contributed by atoms with E-state index in [9.17, 15) is 29.8 Å². The molecule has 6 rings (SSSR count). The summed E-state index contributed by atoms with van der Waals surface area (Å²) in [4.78, 5) is 60.7. The molecule has 0 aliphatic carbocycles. The predicted octanol–water partition coefficient (Wildman–Crippen LogP) is 6.38. The van der Waals surface area contributed by atoms with Crippen LogP contribution >= 0.6 is 23.5 Å². The molecule has 0 fully saturated rings. The molecule has 4 N–H and O–H groups in total. The van der Waals surface area contributed by atoms with Crippen molar-refractivity contribution < 1.29 is 19.4 Å². The van der Waals surface area contributed by atoms with Gasteiger partial charge in [0.25, 0.3) is 11.4 Å². The zero-order chi connectivity index (χ0) is 32.2. The second-order valence-electron chi connectivity index (χ2n) is 9.83. The van der Waals surface area contributed by atoms with Crippen LogP contribution in [-0.2, 0) is 9.59 Å². The summed E-state index contributed by atoms with van der Waals surface area (Å²) in [5.41, 5.74) is 5.22. The van der Waals surface area contributed by atoms with Crippen LogP contribution in [0.2, 0.25) is 0 Å². The third-order valence-electron chi connectivity index (χ3n) is 6.66. The number of aromatic amines is 2. The van der Waals surface area contributed by atoms with E-state index < -0.39 is 9.85 Å². The quantitative estimate of drug-likeness (QED) is 0.0689. The highest BCUT2D eigenvalue weighted by molar-refractivity contribution is 8.00. The Morgan fingerprint density at radius 3 is 1.39 bits per heavy atom. The number of aromatic nitrogens is 4. The highest BCUT2D eigenvalue weighted by Gasteiger charge is 2.13. The fourth-order valence-corrected chi connectivity index (χ4v) is 5.84. The van der Waals surface area contributed by atoms with Crippen molar-refractivity contribution in [2.24, 2.45) is 0 Å². The van der Waals surface area contributed by atoms with Crippen molar-refractivity contribution in [2.75, 3.05) is 22.1 Å². The third kappa shape index (κ3) is 7.14. The molecule has 230 valence electrons. The standard InChI is InChI=1S/C30H22N8O6S2/c39-27(15-45-29-33-23-11-9-21(37(41)42)13-25(23)35-29)31-19-5-1-17(2-6-19)18-3-7-20(8-4-18)32-28(40)16-46-30-34-24-12-10-22(38(43)44)14-26(24)36-30/h1-14H,15-16H2,(H,31,39)(H,32,40)(H,33,35)(H,34,36). The summed E-state index contributed by atoms with van der Waals surface area (Å²) in [6.07, 6.45) is 0. The maximum atomic E-state index is 12.5. The van der Waals surface area contributed by atoms with Crippen molar-refractivity contribution in [2.45, 2.75) is 10.3 Å². The zero-order valence-corrected chi connectivity index (χ0v) is 25.2. The number of benzene rings is 4. The number of carbonyl (C=O) groups excluding carboxylic acids is 2. The van der Waals surface area contributed by atoms with Crippen LogP contribution in [0.1, 0.15) is 0 Å². The number of nitrogens with one attached hydrogen (secondary N) is 4. The lowest BCUT2D eigenvalue weighted by molar-refractivity contribution is -0.384. The second-order valence-corrected chi connectivity index (χ2v) is 11.8. The Kier molecular flexibility index (Phi) is 8.62. The van der Waals surface area contributed by atoms with Crippen molar-refractivity contribution in [3.63, 3.8) is 0 Å². The van der Waals surface area contributed by atoms with Crippen LogP contribution < -0.4 is 10.6 Å². The van der Waals surface area contributed by atoms with Gasteiger partial charge in [-0.3, -0.25) is 29.8 Å². The van der Waals surface area contributed by atoms with Crippen molar-refractivity contribution in [1.82, 2.24) is 19.9 Å². The van der Waals surface area contributed by atoms with Crippen molar-refractivity contribution in [3.05, 3.63) is 105 Å². The molecule has 2 amide bonds. The first-order valence-corrected chi connectivity index (χ1v) is 15.5. The van der Waals surface area contributed by atoms with E-state index in [2.05, 4.69) is 30.6 Å². The van der Waals surface area contributed by atoms with Crippen LogP contribution in [0.5, 0.6) is 0 Å². The molecule has 0 bridgehead atoms. The number of anilines is 2. The summed E-state index contributed by atoms with van der Waals surface area (Å²) in [6, 6.07) is 23.4. The van der Waals surface area contributed by atoms with E-state index in [1.807, 2.05) is 24.3 Å². The molecule has 16 heteroatoms. The largest absolute Gasteiger partial charge is 0.333 e. The Labute approximate surface area is 267 Å². The summed E-state index contributed by atoms with van der Waals surface area (Å²) in [6.45, 7) is 0. The van der Waals surface area contributed by atoms with Crippen LogP contribution in [0.25, 0.3) is 33.2 Å². The molecule has 0 atom stereocenters. The monoisotopic (exact) mass is 654 g/mol. The van der Waals surface area contributed by atoms with Crippen LogP contribution in [0.4, 0.5) is 22.7 Å². The predicted molar refractivity (Wildman–Crippen MR) is 176 cm³/mol. The van der Waals surface area contributed by atoms with E-state index in [1.165, 1.54) is 47.8 Å². The molecule has 0 aliphatic rings. The molecule has 0 radical (unpaired) electrons. The van der Waals surface area contributed by atoms with Gasteiger partial charge in [-0.25, -0.2) is 9.97 Å². The summed E-state index contributed by atoms with van der Waals surface area (Å²) < 4.78 is 0. The first-order chi connectivity index (χ1) is 22.2. The summed E-state index contributed by atoms with van der Waals surface area (Å²) in [7, 11) is 0. The number of nitro benzene ring substituents is 2. The van der Waals surface area contributed by atoms with Gasteiger partial charge in [-0.15, -0.1) is 0 Å². The average Bonchev–Trinajstić information content (AvgIpc) is 3.66. The van der Waals surface area contributed by atoms with Gasteiger partial charge < -0.3 is 20.6 Å². The van der Waals surface area contributed by atoms with Gasteiger partial charge in [0.05, 0.1) is 43.4 Å². The molecule has 6 aromatic rings. The van der Waals surface area contributed by atoms with E-state index in [0.29, 0.717) is 43.8 Å². The van der Waals surface area contributed by atoms with Gasteiger partial charge in [0.2, 0.25) is 11.8 Å². The number of imidazole rings is 2. The molecule has 0 saturated carbocycles. The van der Waals surface area contributed by atoms with Crippen molar-refractivity contribution >= 4 is 80.2 Å². The van der Waals surface area contributed by atoms with Crippen LogP contribution in [-0.4, -0.2) is 53.1 Å².